The second kappa shape index (κ2) is 8.03. The van der Waals surface area contributed by atoms with Crippen LogP contribution < -0.4 is 5.32 Å². The van der Waals surface area contributed by atoms with Gasteiger partial charge in [0.1, 0.15) is 6.04 Å². The van der Waals surface area contributed by atoms with E-state index in [0.29, 0.717) is 18.2 Å². The summed E-state index contributed by atoms with van der Waals surface area (Å²) in [6.07, 6.45) is 2.62. The highest BCUT2D eigenvalue weighted by Crippen LogP contribution is 2.25. The van der Waals surface area contributed by atoms with Crippen LogP contribution in [0.2, 0.25) is 0 Å². The van der Waals surface area contributed by atoms with Gasteiger partial charge in [-0.3, -0.25) is 9.59 Å². The SMILES string of the molecule is CCNCC1CCN(C(=O)C2CSCN2C(=O)CC)CC1. The van der Waals surface area contributed by atoms with E-state index in [2.05, 4.69) is 12.2 Å². The highest BCUT2D eigenvalue weighted by molar-refractivity contribution is 7.99. The van der Waals surface area contributed by atoms with Crippen LogP contribution in [0.1, 0.15) is 33.1 Å². The number of likely N-dealkylation sites (tertiary alicyclic amines) is 1. The van der Waals surface area contributed by atoms with Crippen LogP contribution in [-0.4, -0.2) is 65.5 Å². The molecular formula is C15H27N3O2S. The van der Waals surface area contributed by atoms with Crippen LogP contribution in [0.4, 0.5) is 0 Å². The maximum atomic E-state index is 12.7. The summed E-state index contributed by atoms with van der Waals surface area (Å²) in [7, 11) is 0. The van der Waals surface area contributed by atoms with Crippen molar-refractivity contribution in [3.8, 4) is 0 Å². The minimum atomic E-state index is -0.229. The van der Waals surface area contributed by atoms with Crippen molar-refractivity contribution in [3.05, 3.63) is 0 Å². The summed E-state index contributed by atoms with van der Waals surface area (Å²) in [5.74, 6) is 2.35. The van der Waals surface area contributed by atoms with Crippen molar-refractivity contribution in [2.75, 3.05) is 37.8 Å². The summed E-state index contributed by atoms with van der Waals surface area (Å²) < 4.78 is 0. The summed E-state index contributed by atoms with van der Waals surface area (Å²) in [6, 6.07) is -0.229. The molecule has 6 heteroatoms. The number of amides is 2. The Morgan fingerprint density at radius 1 is 1.24 bits per heavy atom. The molecule has 0 radical (unpaired) electrons. The van der Waals surface area contributed by atoms with E-state index in [0.717, 1.165) is 44.8 Å². The average molecular weight is 313 g/mol. The Morgan fingerprint density at radius 2 is 1.95 bits per heavy atom. The average Bonchev–Trinajstić information content (AvgIpc) is 3.01. The first-order chi connectivity index (χ1) is 10.2. The number of carbonyl (C=O) groups excluding carboxylic acids is 2. The number of nitrogens with zero attached hydrogens (tertiary/aromatic N) is 2. The second-order valence-corrected chi connectivity index (χ2v) is 6.81. The Labute approximate surface area is 131 Å². The van der Waals surface area contributed by atoms with E-state index < -0.39 is 0 Å². The molecule has 2 amide bonds. The fraction of sp³-hybridized carbons (Fsp3) is 0.867. The van der Waals surface area contributed by atoms with Crippen molar-refractivity contribution < 1.29 is 9.59 Å². The van der Waals surface area contributed by atoms with E-state index in [1.54, 1.807) is 16.7 Å². The van der Waals surface area contributed by atoms with Gasteiger partial charge in [-0.25, -0.2) is 0 Å². The molecule has 0 bridgehead atoms. The third kappa shape index (κ3) is 4.13. The lowest BCUT2D eigenvalue weighted by molar-refractivity contribution is -0.144. The number of hydrogen-bond donors (Lipinski definition) is 1. The highest BCUT2D eigenvalue weighted by atomic mass is 32.2. The molecule has 2 heterocycles. The van der Waals surface area contributed by atoms with Crippen LogP contribution in [0.15, 0.2) is 0 Å². The van der Waals surface area contributed by atoms with Crippen LogP contribution in [0.25, 0.3) is 0 Å². The monoisotopic (exact) mass is 313 g/mol. The summed E-state index contributed by atoms with van der Waals surface area (Å²) >= 11 is 1.69. The summed E-state index contributed by atoms with van der Waals surface area (Å²) in [6.45, 7) is 7.72. The molecule has 2 aliphatic rings. The minimum Gasteiger partial charge on any atom is -0.341 e. The molecule has 0 aromatic rings. The molecule has 5 nitrogen and oxygen atoms in total. The molecule has 0 aromatic carbocycles. The molecular weight excluding hydrogens is 286 g/mol. The molecule has 1 atom stereocenters. The molecule has 2 saturated heterocycles. The van der Waals surface area contributed by atoms with Gasteiger partial charge in [0, 0.05) is 25.3 Å². The van der Waals surface area contributed by atoms with E-state index in [1.807, 2.05) is 11.8 Å². The number of carbonyl (C=O) groups is 2. The van der Waals surface area contributed by atoms with Gasteiger partial charge in [0.05, 0.1) is 5.88 Å². The van der Waals surface area contributed by atoms with Crippen molar-refractivity contribution in [3.63, 3.8) is 0 Å². The number of piperidine rings is 1. The summed E-state index contributed by atoms with van der Waals surface area (Å²) in [5, 5.41) is 3.39. The Hall–Kier alpha value is -0.750. The quantitative estimate of drug-likeness (QED) is 0.827. The van der Waals surface area contributed by atoms with E-state index in [-0.39, 0.29) is 17.9 Å². The van der Waals surface area contributed by atoms with E-state index >= 15 is 0 Å². The van der Waals surface area contributed by atoms with Crippen LogP contribution in [-0.2, 0) is 9.59 Å². The maximum absolute atomic E-state index is 12.7. The lowest BCUT2D eigenvalue weighted by Gasteiger charge is -2.35. The van der Waals surface area contributed by atoms with Crippen LogP contribution in [0.5, 0.6) is 0 Å². The van der Waals surface area contributed by atoms with Crippen molar-refractivity contribution in [2.24, 2.45) is 5.92 Å². The Morgan fingerprint density at radius 3 is 2.57 bits per heavy atom. The van der Waals surface area contributed by atoms with E-state index in [1.165, 1.54) is 0 Å². The van der Waals surface area contributed by atoms with Gasteiger partial charge in [-0.15, -0.1) is 11.8 Å². The van der Waals surface area contributed by atoms with Crippen molar-refractivity contribution in [1.29, 1.82) is 0 Å². The molecule has 0 aromatic heterocycles. The summed E-state index contributed by atoms with van der Waals surface area (Å²) in [5.41, 5.74) is 0. The Balaban J connectivity index is 1.85. The lowest BCUT2D eigenvalue weighted by atomic mass is 9.96. The normalized spacial score (nSPS) is 23.6. The zero-order valence-corrected chi connectivity index (χ0v) is 14.0. The molecule has 1 N–H and O–H groups in total. The molecule has 2 aliphatic heterocycles. The molecule has 120 valence electrons. The molecule has 0 aliphatic carbocycles. The fourth-order valence-corrected chi connectivity index (χ4v) is 4.18. The number of rotatable bonds is 5. The summed E-state index contributed by atoms with van der Waals surface area (Å²) in [4.78, 5) is 28.3. The van der Waals surface area contributed by atoms with Crippen molar-refractivity contribution >= 4 is 23.6 Å². The molecule has 2 fully saturated rings. The first-order valence-corrected chi connectivity index (χ1v) is 9.19. The Kier molecular flexibility index (Phi) is 6.36. The van der Waals surface area contributed by atoms with Crippen LogP contribution >= 0.6 is 11.8 Å². The minimum absolute atomic E-state index is 0.0976. The first kappa shape index (κ1) is 16.6. The smallest absolute Gasteiger partial charge is 0.246 e. The first-order valence-electron chi connectivity index (χ1n) is 8.04. The van der Waals surface area contributed by atoms with Gasteiger partial charge in [0.25, 0.3) is 0 Å². The molecule has 2 rings (SSSR count). The fourth-order valence-electron chi connectivity index (χ4n) is 3.01. The van der Waals surface area contributed by atoms with Crippen LogP contribution in [0.3, 0.4) is 0 Å². The predicted molar refractivity (Wildman–Crippen MR) is 86.1 cm³/mol. The predicted octanol–water partition coefficient (Wildman–Crippen LogP) is 1.15. The third-order valence-corrected chi connectivity index (χ3v) is 5.41. The highest BCUT2D eigenvalue weighted by Gasteiger charge is 2.37. The zero-order valence-electron chi connectivity index (χ0n) is 13.1. The van der Waals surface area contributed by atoms with Gasteiger partial charge in [0.2, 0.25) is 11.8 Å². The van der Waals surface area contributed by atoms with E-state index in [9.17, 15) is 9.59 Å². The molecule has 21 heavy (non-hydrogen) atoms. The molecule has 1 unspecified atom stereocenters. The van der Waals surface area contributed by atoms with Crippen molar-refractivity contribution in [1.82, 2.24) is 15.1 Å². The number of thioether (sulfide) groups is 1. The largest absolute Gasteiger partial charge is 0.341 e. The number of hydrogen-bond acceptors (Lipinski definition) is 4. The third-order valence-electron chi connectivity index (χ3n) is 4.40. The molecule has 0 spiro atoms. The topological polar surface area (TPSA) is 52.7 Å². The standard InChI is InChI=1S/C15H27N3O2S/c1-3-14(19)18-11-21-10-13(18)15(20)17-7-5-12(6-8-17)9-16-4-2/h12-13,16H,3-11H2,1-2H3. The van der Waals surface area contributed by atoms with Gasteiger partial charge in [-0.05, 0) is 31.8 Å². The van der Waals surface area contributed by atoms with Gasteiger partial charge in [0.15, 0.2) is 0 Å². The Bertz CT molecular complexity index is 370. The van der Waals surface area contributed by atoms with Gasteiger partial charge >= 0.3 is 0 Å². The van der Waals surface area contributed by atoms with Gasteiger partial charge in [-0.2, -0.15) is 0 Å². The van der Waals surface area contributed by atoms with Gasteiger partial charge in [-0.1, -0.05) is 13.8 Å². The lowest BCUT2D eigenvalue weighted by Crippen LogP contribution is -2.51. The number of nitrogens with one attached hydrogen (secondary N) is 1. The zero-order chi connectivity index (χ0) is 15.2. The molecule has 0 saturated carbocycles. The van der Waals surface area contributed by atoms with Crippen molar-refractivity contribution in [2.45, 2.75) is 39.2 Å². The second-order valence-electron chi connectivity index (χ2n) is 5.81. The van der Waals surface area contributed by atoms with Gasteiger partial charge < -0.3 is 15.1 Å². The maximum Gasteiger partial charge on any atom is 0.246 e. The van der Waals surface area contributed by atoms with E-state index in [4.69, 9.17) is 0 Å². The van der Waals surface area contributed by atoms with Crippen LogP contribution in [0, 0.1) is 5.92 Å².